The van der Waals surface area contributed by atoms with Crippen LogP contribution in [0.25, 0.3) is 0 Å². The van der Waals surface area contributed by atoms with Crippen molar-refractivity contribution >= 4 is 0 Å². The molecule has 0 radical (unpaired) electrons. The SMILES string of the molecule is O=c1occ(CN2CCc3ccccc3C2)c(O)c1CN1CC[C@H](c2ccccc2)C1. The molecule has 0 spiro atoms. The van der Waals surface area contributed by atoms with Crippen LogP contribution in [0.3, 0.4) is 0 Å². The van der Waals surface area contributed by atoms with Crippen molar-refractivity contribution in [1.29, 1.82) is 0 Å². The first-order valence-electron chi connectivity index (χ1n) is 11.1. The highest BCUT2D eigenvalue weighted by atomic mass is 16.4. The number of hydrogen-bond acceptors (Lipinski definition) is 5. The van der Waals surface area contributed by atoms with Gasteiger partial charge < -0.3 is 9.52 Å². The highest BCUT2D eigenvalue weighted by molar-refractivity contribution is 5.37. The number of rotatable bonds is 5. The molecule has 160 valence electrons. The first-order chi connectivity index (χ1) is 15.2. The Morgan fingerprint density at radius 1 is 0.935 bits per heavy atom. The lowest BCUT2D eigenvalue weighted by Crippen LogP contribution is -2.30. The molecule has 2 aliphatic rings. The molecular formula is C26H28N2O3. The quantitative estimate of drug-likeness (QED) is 0.684. The zero-order chi connectivity index (χ0) is 21.2. The van der Waals surface area contributed by atoms with Gasteiger partial charge in [0.1, 0.15) is 12.0 Å². The molecule has 5 rings (SSSR count). The summed E-state index contributed by atoms with van der Waals surface area (Å²) in [5, 5.41) is 10.9. The summed E-state index contributed by atoms with van der Waals surface area (Å²) in [6.07, 6.45) is 3.48. The third-order valence-corrected chi connectivity index (χ3v) is 6.67. The molecule has 3 heterocycles. The molecule has 3 aromatic rings. The number of hydrogen-bond donors (Lipinski definition) is 1. The van der Waals surface area contributed by atoms with Gasteiger partial charge in [-0.3, -0.25) is 9.80 Å². The topological polar surface area (TPSA) is 56.9 Å². The second-order valence-electron chi connectivity index (χ2n) is 8.74. The van der Waals surface area contributed by atoms with Gasteiger partial charge in [-0.05, 0) is 42.0 Å². The molecule has 1 saturated heterocycles. The van der Waals surface area contributed by atoms with Crippen molar-refractivity contribution in [3.8, 4) is 5.75 Å². The van der Waals surface area contributed by atoms with E-state index < -0.39 is 5.63 Å². The summed E-state index contributed by atoms with van der Waals surface area (Å²) >= 11 is 0. The number of benzene rings is 2. The van der Waals surface area contributed by atoms with Gasteiger partial charge in [-0.25, -0.2) is 4.79 Å². The predicted molar refractivity (Wildman–Crippen MR) is 120 cm³/mol. The molecule has 0 amide bonds. The summed E-state index contributed by atoms with van der Waals surface area (Å²) < 4.78 is 5.33. The van der Waals surface area contributed by atoms with Crippen LogP contribution in [-0.2, 0) is 26.1 Å². The van der Waals surface area contributed by atoms with E-state index in [2.05, 4.69) is 58.3 Å². The number of aromatic hydroxyl groups is 1. The number of fused-ring (bicyclic) bond motifs is 1. The Labute approximate surface area is 182 Å². The van der Waals surface area contributed by atoms with Crippen LogP contribution in [0.15, 0.2) is 70.1 Å². The van der Waals surface area contributed by atoms with Gasteiger partial charge in [0.25, 0.3) is 0 Å². The predicted octanol–water partition coefficient (Wildman–Crippen LogP) is 3.89. The van der Waals surface area contributed by atoms with Gasteiger partial charge in [-0.1, -0.05) is 54.6 Å². The minimum Gasteiger partial charge on any atom is -0.507 e. The second kappa shape index (κ2) is 8.69. The third-order valence-electron chi connectivity index (χ3n) is 6.67. The van der Waals surface area contributed by atoms with E-state index in [-0.39, 0.29) is 5.75 Å². The van der Waals surface area contributed by atoms with E-state index >= 15 is 0 Å². The fourth-order valence-corrected chi connectivity index (χ4v) is 4.92. The standard InChI is InChI=1S/C26H28N2O3/c29-25-23(16-27-12-10-20-8-4-5-9-21(20)14-27)18-31-26(30)24(25)17-28-13-11-22(15-28)19-6-2-1-3-7-19/h1-9,18,22,29H,10-17H2/t22-/m0/s1. The lowest BCUT2D eigenvalue weighted by molar-refractivity contribution is 0.237. The van der Waals surface area contributed by atoms with E-state index in [0.29, 0.717) is 30.1 Å². The van der Waals surface area contributed by atoms with E-state index in [1.54, 1.807) is 0 Å². The Morgan fingerprint density at radius 3 is 2.55 bits per heavy atom. The molecule has 2 aromatic carbocycles. The molecule has 1 atom stereocenters. The molecule has 0 saturated carbocycles. The van der Waals surface area contributed by atoms with Gasteiger partial charge in [0.05, 0.1) is 5.56 Å². The van der Waals surface area contributed by atoms with Crippen molar-refractivity contribution in [2.45, 2.75) is 38.4 Å². The summed E-state index contributed by atoms with van der Waals surface area (Å²) in [6.45, 7) is 4.56. The molecule has 2 aliphatic heterocycles. The van der Waals surface area contributed by atoms with Crippen molar-refractivity contribution in [2.24, 2.45) is 0 Å². The van der Waals surface area contributed by atoms with Gasteiger partial charge in [-0.15, -0.1) is 0 Å². The molecule has 1 N–H and O–H groups in total. The van der Waals surface area contributed by atoms with E-state index in [0.717, 1.165) is 39.0 Å². The fourth-order valence-electron chi connectivity index (χ4n) is 4.92. The number of likely N-dealkylation sites (tertiary alicyclic amines) is 1. The first kappa shape index (κ1) is 20.0. The zero-order valence-corrected chi connectivity index (χ0v) is 17.7. The highest BCUT2D eigenvalue weighted by Gasteiger charge is 2.27. The molecular weight excluding hydrogens is 388 g/mol. The van der Waals surface area contributed by atoms with Crippen molar-refractivity contribution in [3.63, 3.8) is 0 Å². The highest BCUT2D eigenvalue weighted by Crippen LogP contribution is 2.30. The van der Waals surface area contributed by atoms with E-state index in [4.69, 9.17) is 4.42 Å². The molecule has 5 nitrogen and oxygen atoms in total. The fraction of sp³-hybridized carbons (Fsp3) is 0.346. The lowest BCUT2D eigenvalue weighted by atomic mass is 9.99. The molecule has 5 heteroatoms. The van der Waals surface area contributed by atoms with E-state index in [1.807, 2.05) is 6.07 Å². The van der Waals surface area contributed by atoms with E-state index in [1.165, 1.54) is 23.0 Å². The molecule has 31 heavy (non-hydrogen) atoms. The second-order valence-corrected chi connectivity index (χ2v) is 8.74. The Hall–Kier alpha value is -2.89. The van der Waals surface area contributed by atoms with Gasteiger partial charge >= 0.3 is 5.63 Å². The van der Waals surface area contributed by atoms with Crippen LogP contribution < -0.4 is 5.63 Å². The van der Waals surface area contributed by atoms with Crippen LogP contribution in [0.5, 0.6) is 5.75 Å². The summed E-state index contributed by atoms with van der Waals surface area (Å²) in [4.78, 5) is 17.0. The molecule has 0 bridgehead atoms. The normalized spacial score (nSPS) is 19.4. The van der Waals surface area contributed by atoms with Crippen molar-refractivity contribution in [2.75, 3.05) is 19.6 Å². The Morgan fingerprint density at radius 2 is 1.71 bits per heavy atom. The minimum absolute atomic E-state index is 0.0956. The van der Waals surface area contributed by atoms with Crippen molar-refractivity contribution in [1.82, 2.24) is 9.80 Å². The smallest absolute Gasteiger partial charge is 0.343 e. The van der Waals surface area contributed by atoms with Gasteiger partial charge in [0.2, 0.25) is 0 Å². The summed E-state index contributed by atoms with van der Waals surface area (Å²) in [7, 11) is 0. The van der Waals surface area contributed by atoms with Crippen LogP contribution in [0.4, 0.5) is 0 Å². The summed E-state index contributed by atoms with van der Waals surface area (Å²) in [6, 6.07) is 19.0. The average Bonchev–Trinajstić information content (AvgIpc) is 3.28. The zero-order valence-electron chi connectivity index (χ0n) is 17.7. The van der Waals surface area contributed by atoms with Crippen molar-refractivity contribution in [3.05, 3.63) is 99.1 Å². The third kappa shape index (κ3) is 4.29. The van der Waals surface area contributed by atoms with E-state index in [9.17, 15) is 9.90 Å². The Bertz CT molecular complexity index is 1110. The maximum absolute atomic E-state index is 12.4. The molecule has 1 aromatic heterocycles. The minimum atomic E-state index is -0.437. The van der Waals surface area contributed by atoms with Crippen LogP contribution in [0.1, 0.15) is 40.2 Å². The maximum atomic E-state index is 12.4. The van der Waals surface area contributed by atoms with Crippen LogP contribution in [0, 0.1) is 0 Å². The molecule has 0 aliphatic carbocycles. The van der Waals surface area contributed by atoms with Crippen molar-refractivity contribution < 1.29 is 9.52 Å². The Kier molecular flexibility index (Phi) is 5.62. The monoisotopic (exact) mass is 416 g/mol. The van der Waals surface area contributed by atoms with Gasteiger partial charge in [0.15, 0.2) is 0 Å². The van der Waals surface area contributed by atoms with Crippen LogP contribution in [-0.4, -0.2) is 34.5 Å². The first-order valence-corrected chi connectivity index (χ1v) is 11.1. The Balaban J connectivity index is 1.29. The summed E-state index contributed by atoms with van der Waals surface area (Å²) in [5.41, 5.74) is 4.69. The van der Waals surface area contributed by atoms with Crippen LogP contribution in [0.2, 0.25) is 0 Å². The molecule has 1 fully saturated rings. The number of nitrogens with zero attached hydrogens (tertiary/aromatic N) is 2. The largest absolute Gasteiger partial charge is 0.507 e. The maximum Gasteiger partial charge on any atom is 0.343 e. The van der Waals surface area contributed by atoms with Crippen LogP contribution >= 0.6 is 0 Å². The lowest BCUT2D eigenvalue weighted by Gasteiger charge is -2.29. The molecule has 0 unspecified atom stereocenters. The van der Waals surface area contributed by atoms with Gasteiger partial charge in [0, 0.05) is 38.3 Å². The average molecular weight is 417 g/mol. The summed E-state index contributed by atoms with van der Waals surface area (Å²) in [5.74, 6) is 0.560. The van der Waals surface area contributed by atoms with Gasteiger partial charge in [-0.2, -0.15) is 0 Å².